The van der Waals surface area contributed by atoms with Gasteiger partial charge in [0, 0.05) is 25.7 Å². The van der Waals surface area contributed by atoms with Crippen LogP contribution >= 0.6 is 0 Å². The predicted molar refractivity (Wildman–Crippen MR) is 46.7 cm³/mol. The zero-order valence-corrected chi connectivity index (χ0v) is 8.05. The largest absolute Gasteiger partial charge is 0.380 e. The maximum Gasteiger partial charge on any atom is 0.0710 e. The van der Waals surface area contributed by atoms with Crippen molar-refractivity contribution < 1.29 is 4.74 Å². The van der Waals surface area contributed by atoms with E-state index in [2.05, 4.69) is 25.7 Å². The van der Waals surface area contributed by atoms with Crippen LogP contribution in [0.2, 0.25) is 0 Å². The molecule has 0 spiro atoms. The molecule has 0 aromatic rings. The number of nitrogens with zero attached hydrogens (tertiary/aromatic N) is 1. The molecule has 66 valence electrons. The first kappa shape index (κ1) is 9.01. The van der Waals surface area contributed by atoms with E-state index in [1.54, 1.807) is 7.11 Å². The van der Waals surface area contributed by atoms with E-state index in [1.165, 1.54) is 13.0 Å². The minimum absolute atomic E-state index is 0.313. The third-order valence-electron chi connectivity index (χ3n) is 2.43. The van der Waals surface area contributed by atoms with Gasteiger partial charge in [-0.1, -0.05) is 0 Å². The summed E-state index contributed by atoms with van der Waals surface area (Å²) in [5.41, 5.74) is 0.313. The van der Waals surface area contributed by atoms with Crippen molar-refractivity contribution in [3.63, 3.8) is 0 Å². The Morgan fingerprint density at radius 3 is 2.27 bits per heavy atom. The molecule has 11 heavy (non-hydrogen) atoms. The molecule has 1 atom stereocenters. The summed E-state index contributed by atoms with van der Waals surface area (Å²) < 4.78 is 5.29. The second-order valence-corrected chi connectivity index (χ2v) is 4.26. The van der Waals surface area contributed by atoms with Crippen LogP contribution in [0.5, 0.6) is 0 Å². The van der Waals surface area contributed by atoms with Crippen LogP contribution < -0.4 is 0 Å². The first-order chi connectivity index (χ1) is 5.04. The first-order valence-corrected chi connectivity index (χ1v) is 4.32. The zero-order chi connectivity index (χ0) is 8.48. The molecule has 2 nitrogen and oxygen atoms in total. The van der Waals surface area contributed by atoms with E-state index in [0.717, 1.165) is 6.54 Å². The Morgan fingerprint density at radius 1 is 1.36 bits per heavy atom. The summed E-state index contributed by atoms with van der Waals surface area (Å²) in [5.74, 6) is 0. The Hall–Kier alpha value is -0.0800. The number of hydrogen-bond acceptors (Lipinski definition) is 2. The lowest BCUT2D eigenvalue weighted by Gasteiger charge is -2.31. The van der Waals surface area contributed by atoms with Gasteiger partial charge in [-0.3, -0.25) is 4.90 Å². The van der Waals surface area contributed by atoms with Crippen LogP contribution in [0.15, 0.2) is 0 Å². The lowest BCUT2D eigenvalue weighted by atomic mass is 10.1. The van der Waals surface area contributed by atoms with Gasteiger partial charge in [0.25, 0.3) is 0 Å². The van der Waals surface area contributed by atoms with Crippen molar-refractivity contribution in [1.29, 1.82) is 0 Å². The molecule has 0 aliphatic carbocycles. The van der Waals surface area contributed by atoms with Crippen LogP contribution in [0.1, 0.15) is 27.2 Å². The summed E-state index contributed by atoms with van der Waals surface area (Å²) in [6, 6.07) is 0. The van der Waals surface area contributed by atoms with E-state index >= 15 is 0 Å². The SMILES string of the molecule is CO[C@@H]1CCN(C(C)(C)C)C1. The summed E-state index contributed by atoms with van der Waals surface area (Å²) in [7, 11) is 1.80. The molecule has 0 unspecified atom stereocenters. The Balaban J connectivity index is 2.42. The molecule has 2 heteroatoms. The van der Waals surface area contributed by atoms with E-state index in [-0.39, 0.29) is 0 Å². The Kier molecular flexibility index (Phi) is 2.55. The highest BCUT2D eigenvalue weighted by atomic mass is 16.5. The van der Waals surface area contributed by atoms with E-state index in [0.29, 0.717) is 11.6 Å². The third kappa shape index (κ3) is 2.17. The van der Waals surface area contributed by atoms with Crippen molar-refractivity contribution in [2.75, 3.05) is 20.2 Å². The van der Waals surface area contributed by atoms with E-state index in [1.807, 2.05) is 0 Å². The van der Waals surface area contributed by atoms with E-state index in [9.17, 15) is 0 Å². The molecular weight excluding hydrogens is 138 g/mol. The number of methoxy groups -OCH3 is 1. The molecule has 0 saturated carbocycles. The van der Waals surface area contributed by atoms with Crippen molar-refractivity contribution in [3.8, 4) is 0 Å². The first-order valence-electron chi connectivity index (χ1n) is 4.32. The highest BCUT2D eigenvalue weighted by molar-refractivity contribution is 4.84. The molecule has 1 saturated heterocycles. The monoisotopic (exact) mass is 157 g/mol. The maximum absolute atomic E-state index is 5.29. The van der Waals surface area contributed by atoms with Crippen molar-refractivity contribution >= 4 is 0 Å². The molecule has 0 aromatic carbocycles. The molecular formula is C9H19NO. The normalized spacial score (nSPS) is 27.8. The van der Waals surface area contributed by atoms with Crippen molar-refractivity contribution in [3.05, 3.63) is 0 Å². The van der Waals surface area contributed by atoms with Gasteiger partial charge in [-0.2, -0.15) is 0 Å². The summed E-state index contributed by atoms with van der Waals surface area (Å²) in [5, 5.41) is 0. The quantitative estimate of drug-likeness (QED) is 0.572. The summed E-state index contributed by atoms with van der Waals surface area (Å²) in [6.45, 7) is 9.04. The molecule has 1 heterocycles. The summed E-state index contributed by atoms with van der Waals surface area (Å²) in [6.07, 6.45) is 1.66. The van der Waals surface area contributed by atoms with E-state index < -0.39 is 0 Å². The fourth-order valence-electron chi connectivity index (χ4n) is 1.53. The van der Waals surface area contributed by atoms with Gasteiger partial charge in [0.05, 0.1) is 6.10 Å². The fourth-order valence-corrected chi connectivity index (χ4v) is 1.53. The van der Waals surface area contributed by atoms with Gasteiger partial charge in [-0.25, -0.2) is 0 Å². The Morgan fingerprint density at radius 2 is 2.00 bits per heavy atom. The van der Waals surface area contributed by atoms with Crippen LogP contribution in [0, 0.1) is 0 Å². The minimum Gasteiger partial charge on any atom is -0.380 e. The molecule has 0 amide bonds. The fraction of sp³-hybridized carbons (Fsp3) is 1.00. The second-order valence-electron chi connectivity index (χ2n) is 4.26. The van der Waals surface area contributed by atoms with Gasteiger partial charge in [-0.15, -0.1) is 0 Å². The predicted octanol–water partition coefficient (Wildman–Crippen LogP) is 1.51. The molecule has 0 radical (unpaired) electrons. The van der Waals surface area contributed by atoms with Gasteiger partial charge in [0.15, 0.2) is 0 Å². The highest BCUT2D eigenvalue weighted by Crippen LogP contribution is 2.21. The standard InChI is InChI=1S/C9H19NO/c1-9(2,3)10-6-5-8(7-10)11-4/h8H,5-7H2,1-4H3/t8-/m1/s1. The van der Waals surface area contributed by atoms with Crippen LogP contribution in [0.4, 0.5) is 0 Å². The van der Waals surface area contributed by atoms with Crippen molar-refractivity contribution in [2.45, 2.75) is 38.8 Å². The molecule has 1 fully saturated rings. The van der Waals surface area contributed by atoms with Crippen LogP contribution in [-0.4, -0.2) is 36.7 Å². The summed E-state index contributed by atoms with van der Waals surface area (Å²) in [4.78, 5) is 2.47. The van der Waals surface area contributed by atoms with Gasteiger partial charge in [-0.05, 0) is 27.2 Å². The Bertz CT molecular complexity index is 128. The van der Waals surface area contributed by atoms with Gasteiger partial charge in [0.1, 0.15) is 0 Å². The van der Waals surface area contributed by atoms with Gasteiger partial charge < -0.3 is 4.74 Å². The molecule has 1 rings (SSSR count). The number of rotatable bonds is 1. The minimum atomic E-state index is 0.313. The average Bonchev–Trinajstić information content (AvgIpc) is 2.32. The molecule has 1 aliphatic rings. The lowest BCUT2D eigenvalue weighted by Crippen LogP contribution is -2.40. The van der Waals surface area contributed by atoms with Crippen LogP contribution in [-0.2, 0) is 4.74 Å². The van der Waals surface area contributed by atoms with Crippen LogP contribution in [0.3, 0.4) is 0 Å². The van der Waals surface area contributed by atoms with Gasteiger partial charge in [0.2, 0.25) is 0 Å². The highest BCUT2D eigenvalue weighted by Gasteiger charge is 2.29. The third-order valence-corrected chi connectivity index (χ3v) is 2.43. The van der Waals surface area contributed by atoms with Crippen LogP contribution in [0.25, 0.3) is 0 Å². The van der Waals surface area contributed by atoms with E-state index in [4.69, 9.17) is 4.74 Å². The number of likely N-dealkylation sites (tertiary alicyclic amines) is 1. The second kappa shape index (κ2) is 3.11. The lowest BCUT2D eigenvalue weighted by molar-refractivity contribution is 0.0890. The number of ether oxygens (including phenoxy) is 1. The molecule has 1 aliphatic heterocycles. The smallest absolute Gasteiger partial charge is 0.0710 e. The van der Waals surface area contributed by atoms with Crippen molar-refractivity contribution in [2.24, 2.45) is 0 Å². The zero-order valence-electron chi connectivity index (χ0n) is 8.05. The molecule has 0 aromatic heterocycles. The summed E-state index contributed by atoms with van der Waals surface area (Å²) >= 11 is 0. The molecule has 0 N–H and O–H groups in total. The topological polar surface area (TPSA) is 12.5 Å². The average molecular weight is 157 g/mol. The number of hydrogen-bond donors (Lipinski definition) is 0. The Labute approximate surface area is 69.5 Å². The maximum atomic E-state index is 5.29. The van der Waals surface area contributed by atoms with Crippen molar-refractivity contribution in [1.82, 2.24) is 4.90 Å². The molecule has 0 bridgehead atoms. The van der Waals surface area contributed by atoms with Gasteiger partial charge >= 0.3 is 0 Å².